The summed E-state index contributed by atoms with van der Waals surface area (Å²) in [7, 11) is 1.53. The smallest absolute Gasteiger partial charge is 0.325 e. The molecule has 3 aromatic rings. The van der Waals surface area contributed by atoms with Gasteiger partial charge in [-0.15, -0.1) is 11.3 Å². The third-order valence-electron chi connectivity index (χ3n) is 3.92. The van der Waals surface area contributed by atoms with Gasteiger partial charge in [-0.1, -0.05) is 29.8 Å². The van der Waals surface area contributed by atoms with E-state index in [1.165, 1.54) is 18.4 Å². The molecule has 0 saturated heterocycles. The van der Waals surface area contributed by atoms with Crippen LogP contribution in [0, 0.1) is 6.92 Å². The van der Waals surface area contributed by atoms with Crippen LogP contribution in [0.4, 0.5) is 21.3 Å². The molecule has 1 aromatic heterocycles. The van der Waals surface area contributed by atoms with Gasteiger partial charge < -0.3 is 15.4 Å². The van der Waals surface area contributed by atoms with Gasteiger partial charge in [0.05, 0.1) is 24.9 Å². The highest BCUT2D eigenvalue weighted by atomic mass is 35.5. The number of halogens is 1. The van der Waals surface area contributed by atoms with Crippen LogP contribution in [0.15, 0.2) is 47.8 Å². The number of nitrogens with one attached hydrogen (secondary N) is 3. The van der Waals surface area contributed by atoms with Crippen LogP contribution in [0.5, 0.6) is 5.75 Å². The maximum Gasteiger partial charge on any atom is 0.325 e. The Morgan fingerprint density at radius 2 is 1.93 bits per heavy atom. The van der Waals surface area contributed by atoms with Crippen molar-refractivity contribution in [1.82, 2.24) is 4.98 Å². The molecule has 1 heterocycles. The van der Waals surface area contributed by atoms with Crippen LogP contribution < -0.4 is 20.7 Å². The van der Waals surface area contributed by atoms with Crippen molar-refractivity contribution in [2.24, 2.45) is 0 Å². The van der Waals surface area contributed by atoms with Gasteiger partial charge in [0, 0.05) is 16.1 Å². The van der Waals surface area contributed by atoms with Crippen molar-refractivity contribution in [2.75, 3.05) is 23.1 Å². The van der Waals surface area contributed by atoms with Gasteiger partial charge in [-0.25, -0.2) is 9.78 Å². The minimum absolute atomic E-state index is 0.0812. The fourth-order valence-corrected chi connectivity index (χ4v) is 3.37. The van der Waals surface area contributed by atoms with Crippen LogP contribution in [-0.4, -0.2) is 24.0 Å². The van der Waals surface area contributed by atoms with E-state index in [4.69, 9.17) is 16.3 Å². The monoisotopic (exact) mass is 430 g/mol. The zero-order valence-corrected chi connectivity index (χ0v) is 17.4. The largest absolute Gasteiger partial charge is 0.495 e. The summed E-state index contributed by atoms with van der Waals surface area (Å²) in [6.07, 6.45) is 0.0812. The number of carbonyl (C=O) groups excluding carboxylic acids is 2. The summed E-state index contributed by atoms with van der Waals surface area (Å²) in [5.41, 5.74) is 2.65. The molecule has 29 heavy (non-hydrogen) atoms. The van der Waals surface area contributed by atoms with Crippen LogP contribution in [0.2, 0.25) is 5.02 Å². The molecule has 9 heteroatoms. The van der Waals surface area contributed by atoms with Gasteiger partial charge in [-0.05, 0) is 36.8 Å². The van der Waals surface area contributed by atoms with Crippen molar-refractivity contribution in [3.63, 3.8) is 0 Å². The first-order valence-corrected chi connectivity index (χ1v) is 9.92. The number of ether oxygens (including phenoxy) is 1. The molecule has 0 bridgehead atoms. The molecule has 0 aliphatic rings. The second kappa shape index (κ2) is 9.40. The lowest BCUT2D eigenvalue weighted by Gasteiger charge is -2.09. The molecule has 0 fully saturated rings. The third kappa shape index (κ3) is 5.69. The zero-order chi connectivity index (χ0) is 20.8. The summed E-state index contributed by atoms with van der Waals surface area (Å²) in [6.45, 7) is 1.89. The summed E-state index contributed by atoms with van der Waals surface area (Å²) in [6, 6.07) is 12.0. The Morgan fingerprint density at radius 3 is 2.69 bits per heavy atom. The molecule has 0 aliphatic carbocycles. The van der Waals surface area contributed by atoms with E-state index in [-0.39, 0.29) is 12.3 Å². The molecule has 2 aromatic carbocycles. The predicted molar refractivity (Wildman–Crippen MR) is 116 cm³/mol. The normalized spacial score (nSPS) is 10.3. The number of anilines is 3. The molecule has 3 amide bonds. The van der Waals surface area contributed by atoms with E-state index in [9.17, 15) is 9.59 Å². The SMILES string of the molecule is COc1ccccc1NC(=O)Nc1nc(CC(=O)Nc2ccc(C)c(Cl)c2)cs1. The first kappa shape index (κ1) is 20.6. The number of urea groups is 1. The number of para-hydroxylation sites is 2. The van der Waals surface area contributed by atoms with E-state index in [0.717, 1.165) is 5.56 Å². The number of aryl methyl sites for hydroxylation is 1. The van der Waals surface area contributed by atoms with Crippen molar-refractivity contribution < 1.29 is 14.3 Å². The molecule has 3 rings (SSSR count). The Bertz CT molecular complexity index is 1040. The first-order chi connectivity index (χ1) is 13.9. The number of carbonyl (C=O) groups is 2. The van der Waals surface area contributed by atoms with Crippen molar-refractivity contribution in [3.05, 3.63) is 64.1 Å². The minimum Gasteiger partial charge on any atom is -0.495 e. The zero-order valence-electron chi connectivity index (χ0n) is 15.8. The highest BCUT2D eigenvalue weighted by molar-refractivity contribution is 7.14. The Hall–Kier alpha value is -3.10. The van der Waals surface area contributed by atoms with Crippen LogP contribution >= 0.6 is 22.9 Å². The van der Waals surface area contributed by atoms with E-state index in [1.807, 2.05) is 19.1 Å². The van der Waals surface area contributed by atoms with E-state index in [2.05, 4.69) is 20.9 Å². The number of hydrogen-bond donors (Lipinski definition) is 3. The first-order valence-electron chi connectivity index (χ1n) is 8.66. The molecule has 0 aliphatic heterocycles. The Balaban J connectivity index is 1.55. The van der Waals surface area contributed by atoms with Crippen LogP contribution in [0.25, 0.3) is 0 Å². The number of methoxy groups -OCH3 is 1. The molecular formula is C20H19ClN4O3S. The molecule has 150 valence electrons. The average molecular weight is 431 g/mol. The molecule has 7 nitrogen and oxygen atoms in total. The number of nitrogens with zero attached hydrogens (tertiary/aromatic N) is 1. The molecule has 0 spiro atoms. The maximum absolute atomic E-state index is 12.2. The van der Waals surface area contributed by atoms with Gasteiger partial charge in [0.25, 0.3) is 0 Å². The van der Waals surface area contributed by atoms with E-state index < -0.39 is 6.03 Å². The van der Waals surface area contributed by atoms with Gasteiger partial charge in [0.2, 0.25) is 5.91 Å². The fourth-order valence-electron chi connectivity index (χ4n) is 2.48. The van der Waals surface area contributed by atoms with Gasteiger partial charge in [-0.2, -0.15) is 0 Å². The molecule has 3 N–H and O–H groups in total. The summed E-state index contributed by atoms with van der Waals surface area (Å²) >= 11 is 7.31. The summed E-state index contributed by atoms with van der Waals surface area (Å²) in [4.78, 5) is 28.7. The van der Waals surface area contributed by atoms with Gasteiger partial charge >= 0.3 is 6.03 Å². The number of thiazole rings is 1. The molecular weight excluding hydrogens is 412 g/mol. The molecule has 0 atom stereocenters. The molecule has 0 radical (unpaired) electrons. The summed E-state index contributed by atoms with van der Waals surface area (Å²) < 4.78 is 5.20. The number of hydrogen-bond acceptors (Lipinski definition) is 5. The summed E-state index contributed by atoms with van der Waals surface area (Å²) in [5, 5.41) is 10.8. The fraction of sp³-hybridized carbons (Fsp3) is 0.150. The third-order valence-corrected chi connectivity index (χ3v) is 5.14. The number of rotatable bonds is 6. The van der Waals surface area contributed by atoms with Crippen molar-refractivity contribution in [1.29, 1.82) is 0 Å². The van der Waals surface area contributed by atoms with Crippen molar-refractivity contribution in [3.8, 4) is 5.75 Å². The van der Waals surface area contributed by atoms with E-state index in [1.54, 1.807) is 35.7 Å². The van der Waals surface area contributed by atoms with Crippen molar-refractivity contribution >= 4 is 51.4 Å². The van der Waals surface area contributed by atoms with Gasteiger partial charge in [-0.3, -0.25) is 10.1 Å². The highest BCUT2D eigenvalue weighted by Crippen LogP contribution is 2.24. The predicted octanol–water partition coefficient (Wildman–Crippen LogP) is 4.94. The van der Waals surface area contributed by atoms with Gasteiger partial charge in [0.1, 0.15) is 5.75 Å². The van der Waals surface area contributed by atoms with E-state index in [0.29, 0.717) is 33.0 Å². The number of amides is 3. The number of benzene rings is 2. The van der Waals surface area contributed by atoms with E-state index >= 15 is 0 Å². The lowest BCUT2D eigenvalue weighted by Crippen LogP contribution is -2.20. The van der Waals surface area contributed by atoms with Crippen LogP contribution in [0.1, 0.15) is 11.3 Å². The Kier molecular flexibility index (Phi) is 6.69. The Morgan fingerprint density at radius 1 is 1.14 bits per heavy atom. The lowest BCUT2D eigenvalue weighted by molar-refractivity contribution is -0.115. The minimum atomic E-state index is -0.450. The molecule has 0 saturated carbocycles. The Labute approximate surface area is 177 Å². The standard InChI is InChI=1S/C20H19ClN4O3S/c1-12-7-8-13(9-15(12)21)22-18(26)10-14-11-29-20(23-14)25-19(27)24-16-5-3-4-6-17(16)28-2/h3-9,11H,10H2,1-2H3,(H,22,26)(H2,23,24,25,27). The van der Waals surface area contributed by atoms with Crippen molar-refractivity contribution in [2.45, 2.75) is 13.3 Å². The lowest BCUT2D eigenvalue weighted by atomic mass is 10.2. The van der Waals surface area contributed by atoms with Crippen LogP contribution in [0.3, 0.4) is 0 Å². The maximum atomic E-state index is 12.2. The number of aromatic nitrogens is 1. The summed E-state index contributed by atoms with van der Waals surface area (Å²) in [5.74, 6) is 0.329. The molecule has 0 unspecified atom stereocenters. The quantitative estimate of drug-likeness (QED) is 0.516. The second-order valence-corrected chi connectivity index (χ2v) is 7.38. The van der Waals surface area contributed by atoms with Gasteiger partial charge in [0.15, 0.2) is 5.13 Å². The second-order valence-electron chi connectivity index (χ2n) is 6.11. The average Bonchev–Trinajstić information content (AvgIpc) is 3.11. The van der Waals surface area contributed by atoms with Crippen LogP contribution in [-0.2, 0) is 11.2 Å². The topological polar surface area (TPSA) is 92.3 Å². The highest BCUT2D eigenvalue weighted by Gasteiger charge is 2.12.